The van der Waals surface area contributed by atoms with Crippen LogP contribution >= 0.6 is 0 Å². The van der Waals surface area contributed by atoms with E-state index in [0.29, 0.717) is 12.8 Å². The molecule has 0 aromatic heterocycles. The summed E-state index contributed by atoms with van der Waals surface area (Å²) in [5.74, 6) is -2.13. The van der Waals surface area contributed by atoms with E-state index in [1.54, 1.807) is 6.92 Å². The minimum absolute atomic E-state index is 0.0425. The van der Waals surface area contributed by atoms with Crippen molar-refractivity contribution < 1.29 is 24.2 Å². The predicted molar refractivity (Wildman–Crippen MR) is 72.9 cm³/mol. The zero-order chi connectivity index (χ0) is 15.7. The van der Waals surface area contributed by atoms with Crippen molar-refractivity contribution in [2.24, 2.45) is 11.7 Å². The maximum Gasteiger partial charge on any atom is 0.308 e. The van der Waals surface area contributed by atoms with Gasteiger partial charge in [-0.2, -0.15) is 0 Å². The van der Waals surface area contributed by atoms with Crippen LogP contribution in [0.25, 0.3) is 0 Å². The molecule has 7 nitrogen and oxygen atoms in total. The fraction of sp³-hybridized carbons (Fsp3) is 0.769. The van der Waals surface area contributed by atoms with E-state index >= 15 is 0 Å². The van der Waals surface area contributed by atoms with Crippen molar-refractivity contribution in [3.8, 4) is 0 Å². The van der Waals surface area contributed by atoms with E-state index in [0.717, 1.165) is 0 Å². The van der Waals surface area contributed by atoms with Crippen molar-refractivity contribution in [1.82, 2.24) is 5.32 Å². The lowest BCUT2D eigenvalue weighted by Crippen LogP contribution is -2.47. The molecule has 0 bridgehead atoms. The van der Waals surface area contributed by atoms with E-state index in [1.807, 2.05) is 13.8 Å². The van der Waals surface area contributed by atoms with Crippen molar-refractivity contribution in [2.75, 3.05) is 6.61 Å². The summed E-state index contributed by atoms with van der Waals surface area (Å²) in [5, 5.41) is 11.0. The van der Waals surface area contributed by atoms with Crippen LogP contribution in [0.1, 0.15) is 40.0 Å². The van der Waals surface area contributed by atoms with E-state index in [1.165, 1.54) is 0 Å². The minimum Gasteiger partial charge on any atom is -0.481 e. The van der Waals surface area contributed by atoms with Gasteiger partial charge in [-0.25, -0.2) is 0 Å². The molecule has 0 aliphatic rings. The first kappa shape index (κ1) is 18.4. The molecule has 20 heavy (non-hydrogen) atoms. The molecular formula is C13H24N2O5. The van der Waals surface area contributed by atoms with Crippen LogP contribution in [-0.4, -0.2) is 41.6 Å². The predicted octanol–water partition coefficient (Wildman–Crippen LogP) is 0.273. The fourth-order valence-electron chi connectivity index (χ4n) is 1.62. The lowest BCUT2D eigenvalue weighted by Gasteiger charge is -2.18. The molecule has 1 amide bonds. The Morgan fingerprint density at radius 1 is 1.25 bits per heavy atom. The number of amides is 1. The number of aliphatic carboxylic acids is 1. The number of nitrogens with two attached hydrogens (primary N) is 1. The van der Waals surface area contributed by atoms with Gasteiger partial charge >= 0.3 is 11.9 Å². The first-order valence-electron chi connectivity index (χ1n) is 6.76. The van der Waals surface area contributed by atoms with Crippen LogP contribution in [0.15, 0.2) is 0 Å². The number of rotatable bonds is 9. The molecular weight excluding hydrogens is 264 g/mol. The van der Waals surface area contributed by atoms with E-state index < -0.39 is 30.4 Å². The Morgan fingerprint density at radius 2 is 1.80 bits per heavy atom. The van der Waals surface area contributed by atoms with Gasteiger partial charge in [0.2, 0.25) is 5.91 Å². The summed E-state index contributed by atoms with van der Waals surface area (Å²) < 4.78 is 5.10. The number of carboxylic acids is 1. The standard InChI is InChI=1S/C13H24N2O5/c1-4-9(5-2)13(19)20-7-8(3)15-12(18)10(14)6-11(16)17/h8-10H,4-7,14H2,1-3H3,(H,15,18)(H,16,17). The molecule has 116 valence electrons. The number of hydrogen-bond acceptors (Lipinski definition) is 5. The second kappa shape index (κ2) is 9.30. The molecule has 4 N–H and O–H groups in total. The molecule has 0 aromatic carbocycles. The van der Waals surface area contributed by atoms with Gasteiger partial charge in [-0.05, 0) is 19.8 Å². The van der Waals surface area contributed by atoms with Crippen LogP contribution in [0.2, 0.25) is 0 Å². The van der Waals surface area contributed by atoms with Crippen LogP contribution in [0.5, 0.6) is 0 Å². The maximum absolute atomic E-state index is 11.6. The summed E-state index contributed by atoms with van der Waals surface area (Å²) in [7, 11) is 0. The summed E-state index contributed by atoms with van der Waals surface area (Å²) >= 11 is 0. The molecule has 0 heterocycles. The molecule has 0 fully saturated rings. The smallest absolute Gasteiger partial charge is 0.308 e. The van der Waals surface area contributed by atoms with Crippen molar-refractivity contribution in [3.63, 3.8) is 0 Å². The Hall–Kier alpha value is -1.63. The van der Waals surface area contributed by atoms with Crippen molar-refractivity contribution in [3.05, 3.63) is 0 Å². The minimum atomic E-state index is -1.14. The maximum atomic E-state index is 11.6. The molecule has 7 heteroatoms. The first-order valence-corrected chi connectivity index (χ1v) is 6.76. The Morgan fingerprint density at radius 3 is 2.25 bits per heavy atom. The zero-order valence-electron chi connectivity index (χ0n) is 12.2. The number of carbonyl (C=O) groups excluding carboxylic acids is 2. The second-order valence-corrected chi connectivity index (χ2v) is 4.76. The van der Waals surface area contributed by atoms with Crippen LogP contribution in [0.3, 0.4) is 0 Å². The molecule has 0 aliphatic heterocycles. The van der Waals surface area contributed by atoms with Gasteiger partial charge < -0.3 is 20.9 Å². The first-order chi connectivity index (χ1) is 9.31. The fourth-order valence-corrected chi connectivity index (χ4v) is 1.62. The van der Waals surface area contributed by atoms with E-state index in [9.17, 15) is 14.4 Å². The quantitative estimate of drug-likeness (QED) is 0.524. The normalized spacial score (nSPS) is 13.7. The highest BCUT2D eigenvalue weighted by atomic mass is 16.5. The number of esters is 1. The van der Waals surface area contributed by atoms with Gasteiger partial charge in [-0.15, -0.1) is 0 Å². The lowest BCUT2D eigenvalue weighted by molar-refractivity contribution is -0.150. The van der Waals surface area contributed by atoms with Crippen LogP contribution in [0, 0.1) is 5.92 Å². The largest absolute Gasteiger partial charge is 0.481 e. The van der Waals surface area contributed by atoms with Crippen LogP contribution < -0.4 is 11.1 Å². The molecule has 0 aromatic rings. The van der Waals surface area contributed by atoms with Gasteiger partial charge in [0, 0.05) is 0 Å². The second-order valence-electron chi connectivity index (χ2n) is 4.76. The molecule has 0 rings (SSSR count). The summed E-state index contributed by atoms with van der Waals surface area (Å²) in [5.41, 5.74) is 5.41. The number of ether oxygens (including phenoxy) is 1. The third kappa shape index (κ3) is 7.08. The molecule has 0 saturated heterocycles. The highest BCUT2D eigenvalue weighted by molar-refractivity contribution is 5.86. The van der Waals surface area contributed by atoms with Crippen LogP contribution in [0.4, 0.5) is 0 Å². The Balaban J connectivity index is 4.10. The highest BCUT2D eigenvalue weighted by Crippen LogP contribution is 2.09. The van der Waals surface area contributed by atoms with E-state index in [4.69, 9.17) is 15.6 Å². The van der Waals surface area contributed by atoms with Gasteiger partial charge in [-0.3, -0.25) is 14.4 Å². The van der Waals surface area contributed by atoms with Gasteiger partial charge in [0.25, 0.3) is 0 Å². The van der Waals surface area contributed by atoms with Crippen molar-refractivity contribution in [2.45, 2.75) is 52.1 Å². The lowest BCUT2D eigenvalue weighted by atomic mass is 10.0. The topological polar surface area (TPSA) is 119 Å². The number of hydrogen-bond donors (Lipinski definition) is 3. The summed E-state index contributed by atoms with van der Waals surface area (Å²) in [6.45, 7) is 5.52. The number of carbonyl (C=O) groups is 3. The average Bonchev–Trinajstić information content (AvgIpc) is 2.36. The summed E-state index contributed by atoms with van der Waals surface area (Å²) in [6, 6.07) is -1.52. The van der Waals surface area contributed by atoms with E-state index in [2.05, 4.69) is 5.32 Å². The van der Waals surface area contributed by atoms with E-state index in [-0.39, 0.29) is 18.5 Å². The molecule has 0 saturated carbocycles. The van der Waals surface area contributed by atoms with Crippen molar-refractivity contribution >= 4 is 17.8 Å². The van der Waals surface area contributed by atoms with Crippen molar-refractivity contribution in [1.29, 1.82) is 0 Å². The molecule has 0 radical (unpaired) electrons. The van der Waals surface area contributed by atoms with Gasteiger partial charge in [0.05, 0.1) is 24.4 Å². The SMILES string of the molecule is CCC(CC)C(=O)OCC(C)NC(=O)C(N)CC(=O)O. The van der Waals surface area contributed by atoms with Gasteiger partial charge in [-0.1, -0.05) is 13.8 Å². The monoisotopic (exact) mass is 288 g/mol. The zero-order valence-corrected chi connectivity index (χ0v) is 12.2. The Labute approximate surface area is 118 Å². The Bertz CT molecular complexity index is 342. The number of nitrogens with one attached hydrogen (secondary N) is 1. The summed E-state index contributed by atoms with van der Waals surface area (Å²) in [6.07, 6.45) is 0.977. The molecule has 0 aliphatic carbocycles. The van der Waals surface area contributed by atoms with Gasteiger partial charge in [0.1, 0.15) is 6.61 Å². The third-order valence-electron chi connectivity index (χ3n) is 2.91. The highest BCUT2D eigenvalue weighted by Gasteiger charge is 2.20. The Kier molecular flexibility index (Phi) is 8.54. The van der Waals surface area contributed by atoms with Crippen LogP contribution in [-0.2, 0) is 19.1 Å². The average molecular weight is 288 g/mol. The summed E-state index contributed by atoms with van der Waals surface area (Å²) in [4.78, 5) is 33.6. The third-order valence-corrected chi connectivity index (χ3v) is 2.91. The number of carboxylic acid groups (broad SMARTS) is 1. The molecule has 2 atom stereocenters. The van der Waals surface area contributed by atoms with Gasteiger partial charge in [0.15, 0.2) is 0 Å². The molecule has 2 unspecified atom stereocenters. The molecule has 0 spiro atoms.